The normalized spacial score (nSPS) is 10.9. The highest BCUT2D eigenvalue weighted by molar-refractivity contribution is 7.21. The number of aliphatic hydroxyl groups excluding tert-OH is 1. The van der Waals surface area contributed by atoms with Crippen molar-refractivity contribution in [2.75, 3.05) is 13.2 Å². The monoisotopic (exact) mass is 289 g/mol. The fraction of sp³-hybridized carbons (Fsp3) is 0.133. The van der Waals surface area contributed by atoms with Crippen molar-refractivity contribution in [3.63, 3.8) is 0 Å². The molecule has 1 aromatic heterocycles. The Labute approximate surface area is 119 Å². The predicted molar refractivity (Wildman–Crippen MR) is 77.6 cm³/mol. The van der Waals surface area contributed by atoms with E-state index in [4.69, 9.17) is 9.84 Å². The molecule has 0 aliphatic rings. The molecule has 102 valence electrons. The molecule has 0 saturated heterocycles. The number of rotatable bonds is 4. The zero-order valence-electron chi connectivity index (χ0n) is 10.5. The first-order chi connectivity index (χ1) is 9.78. The number of benzene rings is 2. The summed E-state index contributed by atoms with van der Waals surface area (Å²) in [4.78, 5) is 4.55. The number of ether oxygens (including phenoxy) is 1. The molecule has 0 aliphatic heterocycles. The minimum atomic E-state index is -0.262. The summed E-state index contributed by atoms with van der Waals surface area (Å²) in [5.41, 5.74) is 1.64. The third kappa shape index (κ3) is 2.50. The second kappa shape index (κ2) is 5.56. The Hall–Kier alpha value is -1.98. The average molecular weight is 289 g/mol. The summed E-state index contributed by atoms with van der Waals surface area (Å²) in [6.07, 6.45) is 0. The first-order valence-corrected chi connectivity index (χ1v) is 6.99. The molecule has 0 aliphatic carbocycles. The highest BCUT2D eigenvalue weighted by Gasteiger charge is 2.10. The Balaban J connectivity index is 2.03. The summed E-state index contributed by atoms with van der Waals surface area (Å²) in [7, 11) is 0. The van der Waals surface area contributed by atoms with Crippen LogP contribution in [-0.2, 0) is 0 Å². The van der Waals surface area contributed by atoms with Gasteiger partial charge in [0, 0.05) is 5.56 Å². The SMILES string of the molecule is OCCOc1cccc2sc(-c3ccc(F)cc3)nc12. The van der Waals surface area contributed by atoms with Gasteiger partial charge in [-0.05, 0) is 36.4 Å². The second-order valence-corrected chi connectivity index (χ2v) is 5.23. The molecular formula is C15H12FNO2S. The summed E-state index contributed by atoms with van der Waals surface area (Å²) in [5.74, 6) is 0.392. The first-order valence-electron chi connectivity index (χ1n) is 6.17. The molecule has 2 aromatic carbocycles. The molecule has 0 radical (unpaired) electrons. The van der Waals surface area contributed by atoms with Gasteiger partial charge < -0.3 is 9.84 Å². The number of hydrogen-bond acceptors (Lipinski definition) is 4. The molecule has 3 aromatic rings. The number of halogens is 1. The zero-order valence-corrected chi connectivity index (χ0v) is 11.4. The van der Waals surface area contributed by atoms with Gasteiger partial charge in [-0.25, -0.2) is 9.37 Å². The van der Waals surface area contributed by atoms with Gasteiger partial charge in [-0.2, -0.15) is 0 Å². The molecule has 20 heavy (non-hydrogen) atoms. The van der Waals surface area contributed by atoms with E-state index in [0.717, 1.165) is 20.8 Å². The molecule has 3 rings (SSSR count). The third-order valence-electron chi connectivity index (χ3n) is 2.82. The molecule has 1 heterocycles. The maximum Gasteiger partial charge on any atom is 0.146 e. The summed E-state index contributed by atoms with van der Waals surface area (Å²) < 4.78 is 19.4. The van der Waals surface area contributed by atoms with Crippen LogP contribution in [0.3, 0.4) is 0 Å². The number of para-hydroxylation sites is 1. The highest BCUT2D eigenvalue weighted by Crippen LogP contribution is 2.34. The number of aliphatic hydroxyl groups is 1. The molecule has 1 N–H and O–H groups in total. The number of thiazole rings is 1. The van der Waals surface area contributed by atoms with E-state index in [2.05, 4.69) is 4.98 Å². The minimum absolute atomic E-state index is 0.0364. The van der Waals surface area contributed by atoms with Crippen molar-refractivity contribution in [3.8, 4) is 16.3 Å². The maximum atomic E-state index is 12.9. The molecule has 0 atom stereocenters. The van der Waals surface area contributed by atoms with Crippen LogP contribution in [-0.4, -0.2) is 23.3 Å². The summed E-state index contributed by atoms with van der Waals surface area (Å²) >= 11 is 1.53. The van der Waals surface area contributed by atoms with Gasteiger partial charge in [-0.3, -0.25) is 0 Å². The number of nitrogens with zero attached hydrogens (tertiary/aromatic N) is 1. The molecule has 0 spiro atoms. The van der Waals surface area contributed by atoms with Crippen molar-refractivity contribution in [1.82, 2.24) is 4.98 Å². The van der Waals surface area contributed by atoms with Crippen LogP contribution in [0.15, 0.2) is 42.5 Å². The Bertz CT molecular complexity index is 724. The van der Waals surface area contributed by atoms with Crippen molar-refractivity contribution in [1.29, 1.82) is 0 Å². The summed E-state index contributed by atoms with van der Waals surface area (Å²) in [6.45, 7) is 0.202. The molecule has 0 unspecified atom stereocenters. The van der Waals surface area contributed by atoms with Gasteiger partial charge in [-0.15, -0.1) is 11.3 Å². The third-order valence-corrected chi connectivity index (χ3v) is 3.89. The van der Waals surface area contributed by atoms with Gasteiger partial charge >= 0.3 is 0 Å². The van der Waals surface area contributed by atoms with Gasteiger partial charge in [0.2, 0.25) is 0 Å². The van der Waals surface area contributed by atoms with Crippen molar-refractivity contribution < 1.29 is 14.2 Å². The van der Waals surface area contributed by atoms with E-state index in [1.54, 1.807) is 12.1 Å². The van der Waals surface area contributed by atoms with Crippen LogP contribution in [0.4, 0.5) is 4.39 Å². The van der Waals surface area contributed by atoms with Gasteiger partial charge in [-0.1, -0.05) is 6.07 Å². The van der Waals surface area contributed by atoms with Crippen molar-refractivity contribution in [2.45, 2.75) is 0 Å². The van der Waals surface area contributed by atoms with Gasteiger partial charge in [0.1, 0.15) is 28.7 Å². The smallest absolute Gasteiger partial charge is 0.146 e. The Kier molecular flexibility index (Phi) is 3.62. The Morgan fingerprint density at radius 3 is 2.70 bits per heavy atom. The topological polar surface area (TPSA) is 42.4 Å². The van der Waals surface area contributed by atoms with Crippen LogP contribution in [0, 0.1) is 5.82 Å². The Morgan fingerprint density at radius 1 is 1.15 bits per heavy atom. The van der Waals surface area contributed by atoms with E-state index >= 15 is 0 Å². The van der Waals surface area contributed by atoms with Crippen LogP contribution < -0.4 is 4.74 Å². The van der Waals surface area contributed by atoms with E-state index in [1.165, 1.54) is 23.5 Å². The lowest BCUT2D eigenvalue weighted by Crippen LogP contribution is -2.01. The molecule has 5 heteroatoms. The van der Waals surface area contributed by atoms with Crippen molar-refractivity contribution >= 4 is 21.6 Å². The van der Waals surface area contributed by atoms with Crippen LogP contribution in [0.2, 0.25) is 0 Å². The lowest BCUT2D eigenvalue weighted by molar-refractivity contribution is 0.202. The van der Waals surface area contributed by atoms with E-state index in [9.17, 15) is 4.39 Å². The lowest BCUT2D eigenvalue weighted by atomic mass is 10.2. The molecule has 0 saturated carbocycles. The van der Waals surface area contributed by atoms with Gasteiger partial charge in [0.05, 0.1) is 11.3 Å². The van der Waals surface area contributed by atoms with Crippen molar-refractivity contribution in [3.05, 3.63) is 48.3 Å². The second-order valence-electron chi connectivity index (χ2n) is 4.20. The van der Waals surface area contributed by atoms with Crippen LogP contribution >= 0.6 is 11.3 Å². The highest BCUT2D eigenvalue weighted by atomic mass is 32.1. The van der Waals surface area contributed by atoms with Gasteiger partial charge in [0.25, 0.3) is 0 Å². The average Bonchev–Trinajstić information content (AvgIpc) is 2.90. The van der Waals surface area contributed by atoms with E-state index in [-0.39, 0.29) is 19.0 Å². The van der Waals surface area contributed by atoms with Crippen LogP contribution in [0.5, 0.6) is 5.75 Å². The number of aromatic nitrogens is 1. The minimum Gasteiger partial charge on any atom is -0.489 e. The first kappa shape index (κ1) is 13.0. The fourth-order valence-corrected chi connectivity index (χ4v) is 2.90. The van der Waals surface area contributed by atoms with Crippen LogP contribution in [0.25, 0.3) is 20.8 Å². The molecule has 0 amide bonds. The summed E-state index contributed by atoms with van der Waals surface area (Å²) in [6, 6.07) is 11.9. The zero-order chi connectivity index (χ0) is 13.9. The fourth-order valence-electron chi connectivity index (χ4n) is 1.91. The largest absolute Gasteiger partial charge is 0.489 e. The van der Waals surface area contributed by atoms with E-state index in [0.29, 0.717) is 5.75 Å². The quantitative estimate of drug-likeness (QED) is 0.799. The molecular weight excluding hydrogens is 277 g/mol. The number of fused-ring (bicyclic) bond motifs is 1. The standard InChI is InChI=1S/C15H12FNO2S/c16-11-6-4-10(5-7-11)15-17-14-12(19-9-8-18)2-1-3-13(14)20-15/h1-7,18H,8-9H2. The molecule has 0 fully saturated rings. The molecule has 3 nitrogen and oxygen atoms in total. The summed E-state index contributed by atoms with van der Waals surface area (Å²) in [5, 5.41) is 9.65. The van der Waals surface area contributed by atoms with Crippen molar-refractivity contribution in [2.24, 2.45) is 0 Å². The van der Waals surface area contributed by atoms with Crippen LogP contribution in [0.1, 0.15) is 0 Å². The lowest BCUT2D eigenvalue weighted by Gasteiger charge is -2.03. The van der Waals surface area contributed by atoms with Gasteiger partial charge in [0.15, 0.2) is 0 Å². The predicted octanol–water partition coefficient (Wildman–Crippen LogP) is 3.47. The van der Waals surface area contributed by atoms with E-state index in [1.807, 2.05) is 18.2 Å². The Morgan fingerprint density at radius 2 is 1.95 bits per heavy atom. The maximum absolute atomic E-state index is 12.9. The number of hydrogen-bond donors (Lipinski definition) is 1. The molecule has 0 bridgehead atoms. The van der Waals surface area contributed by atoms with E-state index < -0.39 is 0 Å².